The van der Waals surface area contributed by atoms with E-state index in [2.05, 4.69) is 21.8 Å². The summed E-state index contributed by atoms with van der Waals surface area (Å²) in [6, 6.07) is 14.0. The Kier molecular flexibility index (Phi) is 7.12. The lowest BCUT2D eigenvalue weighted by Gasteiger charge is -2.29. The lowest BCUT2D eigenvalue weighted by Crippen LogP contribution is -2.36. The minimum Gasteiger partial charge on any atom is -0.378 e. The Labute approximate surface area is 178 Å². The summed E-state index contributed by atoms with van der Waals surface area (Å²) < 4.78 is 32.4. The van der Waals surface area contributed by atoms with Crippen molar-refractivity contribution >= 4 is 21.6 Å². The summed E-state index contributed by atoms with van der Waals surface area (Å²) in [7, 11) is -1.83. The fourth-order valence-electron chi connectivity index (χ4n) is 3.35. The van der Waals surface area contributed by atoms with Crippen molar-refractivity contribution in [2.24, 2.45) is 0 Å². The highest BCUT2D eigenvalue weighted by molar-refractivity contribution is 7.89. The zero-order valence-electron chi connectivity index (χ0n) is 17.7. The summed E-state index contributed by atoms with van der Waals surface area (Å²) >= 11 is 0. The van der Waals surface area contributed by atoms with Crippen LogP contribution in [0.15, 0.2) is 53.4 Å². The number of benzene rings is 2. The van der Waals surface area contributed by atoms with E-state index in [0.717, 1.165) is 37.6 Å². The van der Waals surface area contributed by atoms with Gasteiger partial charge in [0.25, 0.3) is 5.91 Å². The molecule has 8 heteroatoms. The van der Waals surface area contributed by atoms with Gasteiger partial charge in [0.15, 0.2) is 0 Å². The molecule has 1 aliphatic heterocycles. The van der Waals surface area contributed by atoms with Crippen LogP contribution in [0, 0.1) is 0 Å². The van der Waals surface area contributed by atoms with Crippen LogP contribution >= 0.6 is 0 Å². The number of sulfonamides is 1. The number of amides is 1. The minimum atomic E-state index is -3.57. The monoisotopic (exact) mass is 431 g/mol. The molecule has 1 aliphatic rings. The van der Waals surface area contributed by atoms with Gasteiger partial charge in [0, 0.05) is 44.0 Å². The molecule has 1 saturated heterocycles. The van der Waals surface area contributed by atoms with Gasteiger partial charge < -0.3 is 14.5 Å². The van der Waals surface area contributed by atoms with Crippen LogP contribution in [0.5, 0.6) is 0 Å². The van der Waals surface area contributed by atoms with E-state index in [9.17, 15) is 13.2 Å². The predicted octanol–water partition coefficient (Wildman–Crippen LogP) is 2.48. The van der Waals surface area contributed by atoms with Gasteiger partial charge in [-0.3, -0.25) is 4.79 Å². The zero-order chi connectivity index (χ0) is 21.7. The Morgan fingerprint density at radius 1 is 1.07 bits per heavy atom. The first kappa shape index (κ1) is 22.3. The number of nitrogens with zero attached hydrogens (tertiary/aromatic N) is 2. The smallest absolute Gasteiger partial charge is 0.253 e. The molecule has 0 spiro atoms. The SMILES string of the molecule is CC(C)NS(=O)(=O)c1ccc(C(=O)N(C)Cc2ccc(N3CCOCC3)cc2)cc1. The zero-order valence-corrected chi connectivity index (χ0v) is 18.5. The number of morpholine rings is 1. The van der Waals surface area contributed by atoms with E-state index in [1.54, 1.807) is 37.9 Å². The van der Waals surface area contributed by atoms with Crippen molar-refractivity contribution in [1.82, 2.24) is 9.62 Å². The Balaban J connectivity index is 1.62. The van der Waals surface area contributed by atoms with Crippen molar-refractivity contribution in [2.75, 3.05) is 38.3 Å². The fourth-order valence-corrected chi connectivity index (χ4v) is 4.61. The van der Waals surface area contributed by atoms with Gasteiger partial charge in [-0.25, -0.2) is 13.1 Å². The number of carbonyl (C=O) groups excluding carboxylic acids is 1. The first-order valence-electron chi connectivity index (χ1n) is 10.1. The van der Waals surface area contributed by atoms with Crippen molar-refractivity contribution in [2.45, 2.75) is 31.3 Å². The van der Waals surface area contributed by atoms with Gasteiger partial charge >= 0.3 is 0 Å². The van der Waals surface area contributed by atoms with Crippen LogP contribution in [0.2, 0.25) is 0 Å². The summed E-state index contributed by atoms with van der Waals surface area (Å²) in [5, 5.41) is 0. The van der Waals surface area contributed by atoms with Crippen molar-refractivity contribution in [3.63, 3.8) is 0 Å². The fraction of sp³-hybridized carbons (Fsp3) is 0.409. The number of hydrogen-bond acceptors (Lipinski definition) is 5. The third kappa shape index (κ3) is 5.59. The minimum absolute atomic E-state index is 0.147. The molecule has 0 unspecified atom stereocenters. The van der Waals surface area contributed by atoms with Crippen LogP contribution in [0.1, 0.15) is 29.8 Å². The molecule has 0 aliphatic carbocycles. The van der Waals surface area contributed by atoms with Gasteiger partial charge in [-0.2, -0.15) is 0 Å². The lowest BCUT2D eigenvalue weighted by atomic mass is 10.1. The quantitative estimate of drug-likeness (QED) is 0.729. The summed E-state index contributed by atoms with van der Waals surface area (Å²) in [4.78, 5) is 16.8. The molecule has 0 bridgehead atoms. The molecule has 2 aromatic carbocycles. The first-order chi connectivity index (χ1) is 14.3. The maximum Gasteiger partial charge on any atom is 0.253 e. The van der Waals surface area contributed by atoms with Crippen LogP contribution in [-0.2, 0) is 21.3 Å². The normalized spacial score (nSPS) is 14.7. The standard InChI is InChI=1S/C22H29N3O4S/c1-17(2)23-30(27,28)21-10-6-19(7-11-21)22(26)24(3)16-18-4-8-20(9-5-18)25-12-14-29-15-13-25/h4-11,17,23H,12-16H2,1-3H3. The van der Waals surface area contributed by atoms with Gasteiger partial charge in [-0.15, -0.1) is 0 Å². The van der Waals surface area contributed by atoms with Crippen LogP contribution in [0.25, 0.3) is 0 Å². The largest absolute Gasteiger partial charge is 0.378 e. The molecule has 162 valence electrons. The molecule has 0 saturated carbocycles. The second-order valence-corrected chi connectivity index (χ2v) is 9.44. The highest BCUT2D eigenvalue weighted by Crippen LogP contribution is 2.18. The number of rotatable bonds is 7. The van der Waals surface area contributed by atoms with Crippen LogP contribution < -0.4 is 9.62 Å². The van der Waals surface area contributed by atoms with Gasteiger partial charge in [0.2, 0.25) is 10.0 Å². The number of nitrogens with one attached hydrogen (secondary N) is 1. The van der Waals surface area contributed by atoms with Gasteiger partial charge in [0.05, 0.1) is 18.1 Å². The molecule has 2 aromatic rings. The number of anilines is 1. The Bertz CT molecular complexity index is 951. The predicted molar refractivity (Wildman–Crippen MR) is 117 cm³/mol. The number of hydrogen-bond donors (Lipinski definition) is 1. The number of ether oxygens (including phenoxy) is 1. The topological polar surface area (TPSA) is 79.0 Å². The molecule has 1 heterocycles. The summed E-state index contributed by atoms with van der Waals surface area (Å²) in [5.41, 5.74) is 2.64. The molecule has 30 heavy (non-hydrogen) atoms. The molecule has 1 fully saturated rings. The van der Waals surface area contributed by atoms with E-state index in [-0.39, 0.29) is 16.8 Å². The van der Waals surface area contributed by atoms with Gasteiger partial charge in [-0.1, -0.05) is 12.1 Å². The maximum atomic E-state index is 12.7. The number of carbonyl (C=O) groups is 1. The third-order valence-electron chi connectivity index (χ3n) is 4.88. The van der Waals surface area contributed by atoms with Crippen LogP contribution in [0.3, 0.4) is 0 Å². The second kappa shape index (κ2) is 9.59. The molecule has 0 atom stereocenters. The highest BCUT2D eigenvalue weighted by atomic mass is 32.2. The van der Waals surface area contributed by atoms with Crippen LogP contribution in [-0.4, -0.2) is 58.6 Å². The molecule has 7 nitrogen and oxygen atoms in total. The van der Waals surface area contributed by atoms with Crippen molar-refractivity contribution in [3.05, 3.63) is 59.7 Å². The highest BCUT2D eigenvalue weighted by Gasteiger charge is 2.18. The van der Waals surface area contributed by atoms with E-state index in [4.69, 9.17) is 4.74 Å². The first-order valence-corrected chi connectivity index (χ1v) is 11.5. The van der Waals surface area contributed by atoms with Crippen molar-refractivity contribution < 1.29 is 17.9 Å². The third-order valence-corrected chi connectivity index (χ3v) is 6.56. The molecular weight excluding hydrogens is 402 g/mol. The average molecular weight is 432 g/mol. The Hall–Kier alpha value is -2.42. The van der Waals surface area contributed by atoms with E-state index in [1.807, 2.05) is 12.1 Å². The maximum absolute atomic E-state index is 12.7. The van der Waals surface area contributed by atoms with Gasteiger partial charge in [0.1, 0.15) is 0 Å². The van der Waals surface area contributed by atoms with Crippen molar-refractivity contribution in [3.8, 4) is 0 Å². The molecule has 0 aromatic heterocycles. The molecule has 0 radical (unpaired) electrons. The van der Waals surface area contributed by atoms with E-state index < -0.39 is 10.0 Å². The van der Waals surface area contributed by atoms with Crippen LogP contribution in [0.4, 0.5) is 5.69 Å². The van der Waals surface area contributed by atoms with E-state index in [1.165, 1.54) is 12.1 Å². The molecular formula is C22H29N3O4S. The summed E-state index contributed by atoms with van der Waals surface area (Å²) in [6.07, 6.45) is 0. The van der Waals surface area contributed by atoms with E-state index in [0.29, 0.717) is 12.1 Å². The summed E-state index contributed by atoms with van der Waals surface area (Å²) in [5.74, 6) is -0.159. The molecule has 1 amide bonds. The molecule has 1 N–H and O–H groups in total. The Morgan fingerprint density at radius 3 is 2.23 bits per heavy atom. The Morgan fingerprint density at radius 2 is 1.67 bits per heavy atom. The molecule has 3 rings (SSSR count). The lowest BCUT2D eigenvalue weighted by molar-refractivity contribution is 0.0785. The summed E-state index contributed by atoms with van der Waals surface area (Å²) in [6.45, 7) is 7.25. The second-order valence-electron chi connectivity index (χ2n) is 7.73. The van der Waals surface area contributed by atoms with Gasteiger partial charge in [-0.05, 0) is 55.8 Å². The van der Waals surface area contributed by atoms with E-state index >= 15 is 0 Å². The average Bonchev–Trinajstić information content (AvgIpc) is 2.73. The van der Waals surface area contributed by atoms with Crippen molar-refractivity contribution in [1.29, 1.82) is 0 Å².